The van der Waals surface area contributed by atoms with Gasteiger partial charge >= 0.3 is 0 Å². The second kappa shape index (κ2) is 8.53. The van der Waals surface area contributed by atoms with E-state index < -0.39 is 4.92 Å². The van der Waals surface area contributed by atoms with E-state index in [1.54, 1.807) is 30.6 Å². The molecule has 0 atom stereocenters. The molecule has 2 N–H and O–H groups in total. The maximum atomic E-state index is 12.3. The number of H-pyrrole nitrogens is 1. The monoisotopic (exact) mass is 418 g/mol. The van der Waals surface area contributed by atoms with E-state index in [0.717, 1.165) is 17.3 Å². The molecule has 0 saturated carbocycles. The lowest BCUT2D eigenvalue weighted by molar-refractivity contribution is -0.384. The van der Waals surface area contributed by atoms with Gasteiger partial charge in [-0.1, -0.05) is 42.5 Å². The number of nitrogens with one attached hydrogen (secondary N) is 2. The molecule has 0 bridgehead atoms. The molecule has 0 unspecified atom stereocenters. The lowest BCUT2D eigenvalue weighted by atomic mass is 10.1. The summed E-state index contributed by atoms with van der Waals surface area (Å²) in [4.78, 5) is 23.3. The first-order valence-electron chi connectivity index (χ1n) is 8.75. The number of carbonyl (C=O) groups excluding carboxylic acids is 1. The van der Waals surface area contributed by atoms with Crippen LogP contribution in [0.15, 0.2) is 75.9 Å². The van der Waals surface area contributed by atoms with Crippen LogP contribution in [0.5, 0.6) is 0 Å². The summed E-state index contributed by atoms with van der Waals surface area (Å²) in [7, 11) is 0. The van der Waals surface area contributed by atoms with E-state index >= 15 is 0 Å². The highest BCUT2D eigenvalue weighted by Gasteiger charge is 2.24. The van der Waals surface area contributed by atoms with Crippen molar-refractivity contribution in [3.05, 3.63) is 86.9 Å². The van der Waals surface area contributed by atoms with Gasteiger partial charge in [-0.05, 0) is 23.4 Å². The van der Waals surface area contributed by atoms with Gasteiger partial charge in [0.2, 0.25) is 0 Å². The van der Waals surface area contributed by atoms with Gasteiger partial charge in [-0.3, -0.25) is 25.3 Å². The van der Waals surface area contributed by atoms with E-state index in [9.17, 15) is 14.9 Å². The highest BCUT2D eigenvalue weighted by molar-refractivity contribution is 8.18. The minimum atomic E-state index is -0.461. The molecule has 0 spiro atoms. The average Bonchev–Trinajstić information content (AvgIpc) is 3.36. The van der Waals surface area contributed by atoms with Crippen LogP contribution in [0.3, 0.4) is 0 Å². The first-order valence-corrected chi connectivity index (χ1v) is 9.57. The van der Waals surface area contributed by atoms with Crippen LogP contribution in [-0.2, 0) is 4.79 Å². The first kappa shape index (κ1) is 19.3. The van der Waals surface area contributed by atoms with Gasteiger partial charge in [-0.2, -0.15) is 10.2 Å². The van der Waals surface area contributed by atoms with Crippen molar-refractivity contribution in [2.45, 2.75) is 0 Å². The second-order valence-electron chi connectivity index (χ2n) is 6.13. The van der Waals surface area contributed by atoms with E-state index in [4.69, 9.17) is 0 Å². The summed E-state index contributed by atoms with van der Waals surface area (Å²) in [5.41, 5.74) is 2.67. The number of non-ortho nitro benzene ring substituents is 1. The number of amides is 1. The number of aromatic nitrogens is 2. The normalized spacial score (nSPS) is 16.5. The molecule has 0 radical (unpaired) electrons. The van der Waals surface area contributed by atoms with Crippen molar-refractivity contribution in [2.24, 2.45) is 10.2 Å². The predicted molar refractivity (Wildman–Crippen MR) is 116 cm³/mol. The molecule has 2 heterocycles. The molecule has 9 nitrogen and oxygen atoms in total. The molecule has 148 valence electrons. The lowest BCUT2D eigenvalue weighted by Gasteiger charge is -2.00. The number of nitro groups is 1. The molecular formula is C20H14N6O3S. The Morgan fingerprint density at radius 3 is 2.77 bits per heavy atom. The number of rotatable bonds is 5. The third kappa shape index (κ3) is 4.33. The zero-order valence-corrected chi connectivity index (χ0v) is 16.2. The van der Waals surface area contributed by atoms with E-state index in [1.165, 1.54) is 12.1 Å². The summed E-state index contributed by atoms with van der Waals surface area (Å²) in [6.07, 6.45) is 4.80. The fourth-order valence-corrected chi connectivity index (χ4v) is 3.48. The third-order valence-electron chi connectivity index (χ3n) is 4.11. The van der Waals surface area contributed by atoms with Crippen molar-refractivity contribution in [2.75, 3.05) is 0 Å². The van der Waals surface area contributed by atoms with Crippen molar-refractivity contribution in [3.63, 3.8) is 0 Å². The Labute approximate surface area is 174 Å². The standard InChI is InChI=1S/C20H14N6O3S/c27-19-17(30-20(23-19)25-21-11-13-5-2-1-3-6-13)10-15-12-22-24-18(15)14-7-4-8-16(9-14)26(28)29/h1-12H,(H,22,24)(H,23,25,27)/b17-10+,21-11+. The van der Waals surface area contributed by atoms with Crippen LogP contribution < -0.4 is 5.32 Å². The molecule has 4 rings (SSSR count). The number of thioether (sulfide) groups is 1. The van der Waals surface area contributed by atoms with E-state index in [2.05, 4.69) is 25.7 Å². The van der Waals surface area contributed by atoms with Crippen molar-refractivity contribution >= 4 is 40.8 Å². The molecule has 1 aliphatic rings. The molecule has 1 amide bonds. The van der Waals surface area contributed by atoms with Crippen LogP contribution >= 0.6 is 11.8 Å². The topological polar surface area (TPSA) is 126 Å². The number of carbonyl (C=O) groups is 1. The van der Waals surface area contributed by atoms with Gasteiger partial charge in [0.1, 0.15) is 0 Å². The number of aromatic amines is 1. The maximum absolute atomic E-state index is 12.3. The minimum absolute atomic E-state index is 0.0283. The van der Waals surface area contributed by atoms with Crippen LogP contribution in [0, 0.1) is 10.1 Å². The number of benzene rings is 2. The van der Waals surface area contributed by atoms with E-state index in [-0.39, 0.29) is 11.6 Å². The molecule has 1 aromatic heterocycles. The summed E-state index contributed by atoms with van der Waals surface area (Å²) in [5.74, 6) is -0.306. The van der Waals surface area contributed by atoms with Crippen molar-refractivity contribution < 1.29 is 9.72 Å². The average molecular weight is 418 g/mol. The smallest absolute Gasteiger partial charge is 0.270 e. The molecule has 2 aromatic carbocycles. The predicted octanol–water partition coefficient (Wildman–Crippen LogP) is 3.58. The zero-order valence-electron chi connectivity index (χ0n) is 15.4. The Bertz CT molecular complexity index is 1200. The zero-order chi connectivity index (χ0) is 20.9. The Kier molecular flexibility index (Phi) is 5.48. The number of nitro benzene ring substituents is 1. The summed E-state index contributed by atoms with van der Waals surface area (Å²) in [5, 5.41) is 28.9. The molecule has 30 heavy (non-hydrogen) atoms. The van der Waals surface area contributed by atoms with Gasteiger partial charge in [0.15, 0.2) is 5.17 Å². The summed E-state index contributed by atoms with van der Waals surface area (Å²) < 4.78 is 0. The van der Waals surface area contributed by atoms with Gasteiger partial charge < -0.3 is 0 Å². The molecule has 1 saturated heterocycles. The molecule has 3 aromatic rings. The van der Waals surface area contributed by atoms with E-state index in [0.29, 0.717) is 26.9 Å². The number of nitrogens with zero attached hydrogens (tertiary/aromatic N) is 4. The van der Waals surface area contributed by atoms with Crippen LogP contribution in [-0.4, -0.2) is 32.4 Å². The van der Waals surface area contributed by atoms with Crippen LogP contribution in [0.1, 0.15) is 11.1 Å². The summed E-state index contributed by atoms with van der Waals surface area (Å²) in [6.45, 7) is 0. The van der Waals surface area contributed by atoms with Gasteiger partial charge in [-0.25, -0.2) is 0 Å². The molecule has 0 aliphatic carbocycles. The third-order valence-corrected chi connectivity index (χ3v) is 5.01. The SMILES string of the molecule is O=C1N/C(=N\N=C\c2ccccc2)S/C1=C/c1cn[nH]c1-c1cccc([N+](=O)[O-])c1. The Morgan fingerprint density at radius 1 is 1.13 bits per heavy atom. The van der Waals surface area contributed by atoms with Gasteiger partial charge in [0.05, 0.1) is 27.9 Å². The lowest BCUT2D eigenvalue weighted by Crippen LogP contribution is -2.19. The highest BCUT2D eigenvalue weighted by Crippen LogP contribution is 2.30. The van der Waals surface area contributed by atoms with Gasteiger partial charge in [0.25, 0.3) is 11.6 Å². The highest BCUT2D eigenvalue weighted by atomic mass is 32.2. The molecule has 1 aliphatic heterocycles. The second-order valence-corrected chi connectivity index (χ2v) is 7.16. The number of amidine groups is 1. The van der Waals surface area contributed by atoms with Crippen LogP contribution in [0.4, 0.5) is 5.69 Å². The number of hydrogen-bond acceptors (Lipinski definition) is 7. The quantitative estimate of drug-likeness (QED) is 0.283. The number of hydrogen-bond donors (Lipinski definition) is 2. The summed E-state index contributed by atoms with van der Waals surface area (Å²) in [6, 6.07) is 15.7. The van der Waals surface area contributed by atoms with Gasteiger partial charge in [0, 0.05) is 23.3 Å². The van der Waals surface area contributed by atoms with Crippen molar-refractivity contribution in [1.29, 1.82) is 0 Å². The molecular weight excluding hydrogens is 404 g/mol. The first-order chi connectivity index (χ1) is 14.6. The molecule has 10 heteroatoms. The Hall–Kier alpha value is -4.05. The van der Waals surface area contributed by atoms with Crippen molar-refractivity contribution in [3.8, 4) is 11.3 Å². The maximum Gasteiger partial charge on any atom is 0.270 e. The summed E-state index contributed by atoms with van der Waals surface area (Å²) >= 11 is 1.15. The Morgan fingerprint density at radius 2 is 1.97 bits per heavy atom. The van der Waals surface area contributed by atoms with Gasteiger partial charge in [-0.15, -0.1) is 5.10 Å². The van der Waals surface area contributed by atoms with E-state index in [1.807, 2.05) is 30.3 Å². The fourth-order valence-electron chi connectivity index (χ4n) is 2.71. The van der Waals surface area contributed by atoms with Crippen LogP contribution in [0.25, 0.3) is 17.3 Å². The minimum Gasteiger partial charge on any atom is -0.299 e. The molecule has 1 fully saturated rings. The largest absolute Gasteiger partial charge is 0.299 e. The van der Waals surface area contributed by atoms with Crippen LogP contribution in [0.2, 0.25) is 0 Å². The van der Waals surface area contributed by atoms with Crippen molar-refractivity contribution in [1.82, 2.24) is 15.5 Å². The fraction of sp³-hybridized carbons (Fsp3) is 0. The Balaban J connectivity index is 1.55.